The summed E-state index contributed by atoms with van der Waals surface area (Å²) >= 11 is 0. The van der Waals surface area contributed by atoms with Gasteiger partial charge < -0.3 is 15.7 Å². The van der Waals surface area contributed by atoms with Gasteiger partial charge in [-0.15, -0.1) is 0 Å². The van der Waals surface area contributed by atoms with Gasteiger partial charge in [0.1, 0.15) is 11.0 Å². The molecule has 19 heavy (non-hydrogen) atoms. The Morgan fingerprint density at radius 2 is 2.32 bits per heavy atom. The van der Waals surface area contributed by atoms with Gasteiger partial charge in [0.2, 0.25) is 0 Å². The lowest BCUT2D eigenvalue weighted by atomic mass is 10.0. The van der Waals surface area contributed by atoms with Crippen LogP contribution in [0, 0.1) is 0 Å². The van der Waals surface area contributed by atoms with Crippen LogP contribution in [0.25, 0.3) is 0 Å². The first-order chi connectivity index (χ1) is 9.17. The highest BCUT2D eigenvalue weighted by Crippen LogP contribution is 2.30. The first kappa shape index (κ1) is 14.3. The molecule has 0 aliphatic carbocycles. The number of aliphatic hydroxyl groups excluding tert-OH is 1. The van der Waals surface area contributed by atoms with Crippen LogP contribution in [0.2, 0.25) is 0 Å². The number of nitrogens with two attached hydrogens (primary N) is 1. The highest BCUT2D eigenvalue weighted by Gasteiger charge is 2.23. The summed E-state index contributed by atoms with van der Waals surface area (Å²) in [6.07, 6.45) is 3.24. The first-order valence-corrected chi connectivity index (χ1v) is 7.68. The predicted octanol–water partition coefficient (Wildman–Crippen LogP) is 0.862. The number of benzene rings is 1. The lowest BCUT2D eigenvalue weighted by Gasteiger charge is -2.37. The summed E-state index contributed by atoms with van der Waals surface area (Å²) < 4.78 is 14.4. The highest BCUT2D eigenvalue weighted by molar-refractivity contribution is 7.83. The normalized spacial score (nSPS) is 21.4. The van der Waals surface area contributed by atoms with Crippen LogP contribution in [0.1, 0.15) is 19.3 Å². The standard InChI is InChI=1S/C13H21N3O2S/c1-15-19(18)11-5-6-13(12(14)8-11)16-7-3-2-4-10(16)9-17/h5-6,8,10,15,17H,2-4,7,9,14H2,1H3. The molecule has 0 amide bonds. The van der Waals surface area contributed by atoms with Gasteiger partial charge in [0.15, 0.2) is 0 Å². The van der Waals surface area contributed by atoms with E-state index in [0.717, 1.165) is 31.5 Å². The molecular weight excluding hydrogens is 262 g/mol. The smallest absolute Gasteiger partial charge is 0.124 e. The van der Waals surface area contributed by atoms with E-state index in [1.165, 1.54) is 0 Å². The number of anilines is 2. The molecule has 1 aliphatic heterocycles. The summed E-state index contributed by atoms with van der Waals surface area (Å²) in [6.45, 7) is 1.05. The molecule has 2 unspecified atom stereocenters. The Kier molecular flexibility index (Phi) is 4.79. The number of aliphatic hydroxyl groups is 1. The minimum atomic E-state index is -1.22. The van der Waals surface area contributed by atoms with Crippen LogP contribution < -0.4 is 15.4 Å². The van der Waals surface area contributed by atoms with Crippen LogP contribution in [0.3, 0.4) is 0 Å². The fourth-order valence-electron chi connectivity index (χ4n) is 2.53. The number of hydrogen-bond donors (Lipinski definition) is 3. The lowest BCUT2D eigenvalue weighted by molar-refractivity contribution is 0.240. The van der Waals surface area contributed by atoms with Crippen LogP contribution in [0.5, 0.6) is 0 Å². The maximum atomic E-state index is 11.7. The lowest BCUT2D eigenvalue weighted by Crippen LogP contribution is -2.42. The number of hydrogen-bond acceptors (Lipinski definition) is 4. The summed E-state index contributed by atoms with van der Waals surface area (Å²) in [6, 6.07) is 5.59. The predicted molar refractivity (Wildman–Crippen MR) is 78.4 cm³/mol. The third kappa shape index (κ3) is 3.08. The molecule has 1 aromatic carbocycles. The minimum absolute atomic E-state index is 0.136. The van der Waals surface area contributed by atoms with E-state index in [-0.39, 0.29) is 12.6 Å². The maximum absolute atomic E-state index is 11.7. The van der Waals surface area contributed by atoms with Crippen LogP contribution in [0.15, 0.2) is 23.1 Å². The van der Waals surface area contributed by atoms with E-state index in [9.17, 15) is 9.32 Å². The van der Waals surface area contributed by atoms with Crippen LogP contribution >= 0.6 is 0 Å². The largest absolute Gasteiger partial charge is 0.397 e. The van der Waals surface area contributed by atoms with E-state index in [1.807, 2.05) is 12.1 Å². The number of nitrogens with one attached hydrogen (secondary N) is 1. The van der Waals surface area contributed by atoms with E-state index in [4.69, 9.17) is 5.73 Å². The van der Waals surface area contributed by atoms with Crippen molar-refractivity contribution in [2.24, 2.45) is 0 Å². The zero-order valence-electron chi connectivity index (χ0n) is 11.1. The third-order valence-corrected chi connectivity index (χ3v) is 4.60. The van der Waals surface area contributed by atoms with E-state index < -0.39 is 11.0 Å². The molecule has 0 spiro atoms. The van der Waals surface area contributed by atoms with E-state index in [2.05, 4.69) is 9.62 Å². The van der Waals surface area contributed by atoms with Gasteiger partial charge in [-0.05, 0) is 44.5 Å². The monoisotopic (exact) mass is 283 g/mol. The van der Waals surface area contributed by atoms with Gasteiger partial charge in [0, 0.05) is 6.54 Å². The van der Waals surface area contributed by atoms with Gasteiger partial charge in [-0.25, -0.2) is 8.93 Å². The fraction of sp³-hybridized carbons (Fsp3) is 0.538. The zero-order chi connectivity index (χ0) is 13.8. The zero-order valence-corrected chi connectivity index (χ0v) is 11.9. The van der Waals surface area contributed by atoms with Crippen molar-refractivity contribution in [3.05, 3.63) is 18.2 Å². The van der Waals surface area contributed by atoms with Crippen molar-refractivity contribution in [1.82, 2.24) is 4.72 Å². The first-order valence-electron chi connectivity index (χ1n) is 6.53. The summed E-state index contributed by atoms with van der Waals surface area (Å²) in [5.74, 6) is 0. The molecule has 0 aromatic heterocycles. The van der Waals surface area contributed by atoms with Crippen molar-refractivity contribution < 1.29 is 9.32 Å². The second-order valence-electron chi connectivity index (χ2n) is 4.72. The van der Waals surface area contributed by atoms with Crippen molar-refractivity contribution in [2.45, 2.75) is 30.2 Å². The Bertz CT molecular complexity index is 467. The van der Waals surface area contributed by atoms with Gasteiger partial charge in [-0.1, -0.05) is 0 Å². The van der Waals surface area contributed by atoms with Crippen molar-refractivity contribution >= 4 is 22.4 Å². The Morgan fingerprint density at radius 3 is 2.95 bits per heavy atom. The van der Waals surface area contributed by atoms with Gasteiger partial charge in [-0.2, -0.15) is 0 Å². The van der Waals surface area contributed by atoms with E-state index in [0.29, 0.717) is 10.6 Å². The molecule has 5 nitrogen and oxygen atoms in total. The molecule has 0 saturated carbocycles. The number of piperidine rings is 1. The van der Waals surface area contributed by atoms with E-state index >= 15 is 0 Å². The van der Waals surface area contributed by atoms with Gasteiger partial charge in [0.05, 0.1) is 28.9 Å². The van der Waals surface area contributed by atoms with Gasteiger partial charge in [0.25, 0.3) is 0 Å². The summed E-state index contributed by atoms with van der Waals surface area (Å²) in [7, 11) is 0.423. The molecule has 4 N–H and O–H groups in total. The molecule has 1 fully saturated rings. The SMILES string of the molecule is CNS(=O)c1ccc(N2CCCCC2CO)c(N)c1. The third-order valence-electron chi connectivity index (χ3n) is 3.55. The van der Waals surface area contributed by atoms with Crippen LogP contribution in [-0.2, 0) is 11.0 Å². The Balaban J connectivity index is 2.27. The quantitative estimate of drug-likeness (QED) is 0.716. The second-order valence-corrected chi connectivity index (χ2v) is 6.14. The van der Waals surface area contributed by atoms with Gasteiger partial charge in [-0.3, -0.25) is 0 Å². The number of nitrogens with zero attached hydrogens (tertiary/aromatic N) is 1. The molecule has 1 aromatic rings. The highest BCUT2D eigenvalue weighted by atomic mass is 32.2. The van der Waals surface area contributed by atoms with Crippen LogP contribution in [0.4, 0.5) is 11.4 Å². The number of rotatable bonds is 4. The topological polar surface area (TPSA) is 78.6 Å². The average molecular weight is 283 g/mol. The fourth-order valence-corrected chi connectivity index (χ4v) is 3.20. The minimum Gasteiger partial charge on any atom is -0.397 e. The molecule has 0 bridgehead atoms. The molecule has 1 aliphatic rings. The molecule has 106 valence electrons. The van der Waals surface area contributed by atoms with Crippen molar-refractivity contribution in [1.29, 1.82) is 0 Å². The maximum Gasteiger partial charge on any atom is 0.124 e. The van der Waals surface area contributed by atoms with Crippen LogP contribution in [-0.4, -0.2) is 35.6 Å². The van der Waals surface area contributed by atoms with Crippen molar-refractivity contribution in [2.75, 3.05) is 30.8 Å². The summed E-state index contributed by atoms with van der Waals surface area (Å²) in [5, 5.41) is 9.45. The Morgan fingerprint density at radius 1 is 1.53 bits per heavy atom. The van der Waals surface area contributed by atoms with Gasteiger partial charge >= 0.3 is 0 Å². The molecule has 1 saturated heterocycles. The Hall–Kier alpha value is -1.11. The molecule has 2 rings (SSSR count). The summed E-state index contributed by atoms with van der Waals surface area (Å²) in [5.41, 5.74) is 7.62. The average Bonchev–Trinajstić information content (AvgIpc) is 2.46. The molecular formula is C13H21N3O2S. The summed E-state index contributed by atoms with van der Waals surface area (Å²) in [4.78, 5) is 2.83. The molecule has 2 atom stereocenters. The molecule has 0 radical (unpaired) electrons. The van der Waals surface area contributed by atoms with Crippen molar-refractivity contribution in [3.63, 3.8) is 0 Å². The van der Waals surface area contributed by atoms with E-state index in [1.54, 1.807) is 13.1 Å². The molecule has 1 heterocycles. The molecule has 6 heteroatoms. The second kappa shape index (κ2) is 6.36. The Labute approximate surface area is 116 Å². The van der Waals surface area contributed by atoms with Crippen molar-refractivity contribution in [3.8, 4) is 0 Å². The number of nitrogen functional groups attached to an aromatic ring is 1.